The number of benzene rings is 1. The van der Waals surface area contributed by atoms with Crippen molar-refractivity contribution in [1.82, 2.24) is 0 Å². The number of fused-ring (bicyclic) bond motifs is 1. The molecule has 3 N–H and O–H groups in total. The molecule has 1 aromatic carbocycles. The third kappa shape index (κ3) is 2.34. The van der Waals surface area contributed by atoms with Gasteiger partial charge < -0.3 is 14.6 Å². The summed E-state index contributed by atoms with van der Waals surface area (Å²) >= 11 is 0. The van der Waals surface area contributed by atoms with Gasteiger partial charge in [-0.25, -0.2) is 0 Å². The van der Waals surface area contributed by atoms with Crippen LogP contribution in [0.4, 0.5) is 0 Å². The van der Waals surface area contributed by atoms with Crippen LogP contribution in [0.25, 0.3) is 0 Å². The van der Waals surface area contributed by atoms with Gasteiger partial charge in [-0.05, 0) is 18.1 Å². The number of aryl methyl sites for hydroxylation is 1. The number of hydrogen-bond donors (Lipinski definition) is 2. The van der Waals surface area contributed by atoms with Crippen LogP contribution in [0.15, 0.2) is 12.1 Å². The fraction of sp³-hybridized carbons (Fsp3) is 0.417. The molecule has 1 aliphatic rings. The second-order valence-electron chi connectivity index (χ2n) is 3.99. The maximum atomic E-state index is 10.6. The average Bonchev–Trinajstić information content (AvgIpc) is 2.67. The number of carbonyl (C=O) groups is 1. The van der Waals surface area contributed by atoms with E-state index >= 15 is 0 Å². The molecule has 0 radical (unpaired) electrons. The molecule has 0 bridgehead atoms. The monoisotopic (exact) mass is 237 g/mol. The second kappa shape index (κ2) is 4.63. The van der Waals surface area contributed by atoms with Gasteiger partial charge in [-0.2, -0.15) is 0 Å². The zero-order valence-corrected chi connectivity index (χ0v) is 9.60. The van der Waals surface area contributed by atoms with Crippen LogP contribution >= 0.6 is 0 Å². The lowest BCUT2D eigenvalue weighted by Gasteiger charge is -2.10. The zero-order valence-electron chi connectivity index (χ0n) is 9.60. The van der Waals surface area contributed by atoms with Crippen LogP contribution in [0.2, 0.25) is 0 Å². The van der Waals surface area contributed by atoms with Gasteiger partial charge in [0.2, 0.25) is 0 Å². The van der Waals surface area contributed by atoms with Crippen LogP contribution in [0.3, 0.4) is 0 Å². The van der Waals surface area contributed by atoms with Gasteiger partial charge in [0.15, 0.2) is 17.7 Å². The number of ether oxygens (including phenoxy) is 2. The highest BCUT2D eigenvalue weighted by atomic mass is 16.5. The van der Waals surface area contributed by atoms with Crippen LogP contribution < -0.4 is 15.2 Å². The fourth-order valence-electron chi connectivity index (χ4n) is 2.03. The van der Waals surface area contributed by atoms with E-state index in [9.17, 15) is 4.79 Å². The van der Waals surface area contributed by atoms with Crippen molar-refractivity contribution >= 4 is 5.97 Å². The summed E-state index contributed by atoms with van der Waals surface area (Å²) in [5.74, 6) is 0.493. The van der Waals surface area contributed by atoms with E-state index in [0.29, 0.717) is 24.3 Å². The summed E-state index contributed by atoms with van der Waals surface area (Å²) in [5.41, 5.74) is 7.68. The van der Waals surface area contributed by atoms with Gasteiger partial charge in [0.25, 0.3) is 0 Å². The van der Waals surface area contributed by atoms with Crippen molar-refractivity contribution in [2.75, 3.05) is 7.11 Å². The molecular formula is C12H15NO4. The van der Waals surface area contributed by atoms with Crippen LogP contribution in [-0.2, 0) is 17.6 Å². The molecule has 0 spiro atoms. The van der Waals surface area contributed by atoms with Crippen LogP contribution in [0.5, 0.6) is 11.5 Å². The molecule has 0 aromatic heterocycles. The lowest BCUT2D eigenvalue weighted by atomic mass is 10.00. The minimum Gasteiger partial charge on any atom is -0.493 e. The number of hydrogen-bond acceptors (Lipinski definition) is 4. The lowest BCUT2D eigenvalue weighted by molar-refractivity contribution is -0.136. The maximum Gasteiger partial charge on any atom is 0.303 e. The lowest BCUT2D eigenvalue weighted by Crippen LogP contribution is -2.24. The van der Waals surface area contributed by atoms with Crippen molar-refractivity contribution in [3.8, 4) is 11.5 Å². The molecule has 5 nitrogen and oxygen atoms in total. The van der Waals surface area contributed by atoms with Crippen molar-refractivity contribution < 1.29 is 19.4 Å². The Labute approximate surface area is 99.1 Å². The van der Waals surface area contributed by atoms with Gasteiger partial charge in [-0.15, -0.1) is 0 Å². The standard InChI is InChI=1S/C12H15NO4/c1-16-9-4-2-7(3-5-11(14)15)8-6-10(13)17-12(8)9/h2,4,10H,3,5-6,13H2,1H3,(H,14,15). The summed E-state index contributed by atoms with van der Waals surface area (Å²) in [6, 6.07) is 3.66. The summed E-state index contributed by atoms with van der Waals surface area (Å²) in [6.45, 7) is 0. The van der Waals surface area contributed by atoms with E-state index in [0.717, 1.165) is 11.1 Å². The highest BCUT2D eigenvalue weighted by Gasteiger charge is 2.26. The number of carboxylic acids is 1. The quantitative estimate of drug-likeness (QED) is 0.814. The first-order valence-electron chi connectivity index (χ1n) is 5.44. The minimum absolute atomic E-state index is 0.105. The summed E-state index contributed by atoms with van der Waals surface area (Å²) in [4.78, 5) is 10.6. The number of carboxylic acid groups (broad SMARTS) is 1. The topological polar surface area (TPSA) is 81.8 Å². The first kappa shape index (κ1) is 11.7. The van der Waals surface area contributed by atoms with Crippen LogP contribution in [0, 0.1) is 0 Å². The Hall–Kier alpha value is -1.75. The van der Waals surface area contributed by atoms with Gasteiger partial charge in [0.05, 0.1) is 7.11 Å². The molecule has 0 saturated carbocycles. The van der Waals surface area contributed by atoms with Crippen molar-refractivity contribution in [3.63, 3.8) is 0 Å². The van der Waals surface area contributed by atoms with Gasteiger partial charge in [-0.1, -0.05) is 6.07 Å². The first-order chi connectivity index (χ1) is 8.11. The van der Waals surface area contributed by atoms with Crippen molar-refractivity contribution in [3.05, 3.63) is 23.3 Å². The Morgan fingerprint density at radius 2 is 2.41 bits per heavy atom. The van der Waals surface area contributed by atoms with Gasteiger partial charge in [-0.3, -0.25) is 10.5 Å². The van der Waals surface area contributed by atoms with E-state index in [-0.39, 0.29) is 12.6 Å². The van der Waals surface area contributed by atoms with Crippen molar-refractivity contribution in [2.45, 2.75) is 25.5 Å². The molecule has 1 aromatic rings. The van der Waals surface area contributed by atoms with Gasteiger partial charge >= 0.3 is 5.97 Å². The molecule has 92 valence electrons. The molecule has 0 aliphatic carbocycles. The zero-order chi connectivity index (χ0) is 12.4. The molecule has 1 atom stereocenters. The number of nitrogens with two attached hydrogens (primary N) is 1. The molecule has 0 amide bonds. The van der Waals surface area contributed by atoms with Crippen molar-refractivity contribution in [1.29, 1.82) is 0 Å². The third-order valence-corrected chi connectivity index (χ3v) is 2.82. The normalized spacial score (nSPS) is 17.4. The molecule has 1 aliphatic heterocycles. The molecule has 0 fully saturated rings. The van der Waals surface area contributed by atoms with E-state index in [4.69, 9.17) is 20.3 Å². The smallest absolute Gasteiger partial charge is 0.303 e. The molecule has 5 heteroatoms. The predicted octanol–water partition coefficient (Wildman–Crippen LogP) is 0.932. The van der Waals surface area contributed by atoms with Gasteiger partial charge in [0, 0.05) is 18.4 Å². The SMILES string of the molecule is COc1ccc(CCC(=O)O)c2c1OC(N)C2. The minimum atomic E-state index is -0.808. The van der Waals surface area contributed by atoms with Crippen molar-refractivity contribution in [2.24, 2.45) is 5.73 Å². The molecule has 1 heterocycles. The summed E-state index contributed by atoms with van der Waals surface area (Å²) in [6.07, 6.45) is 0.817. The number of aliphatic carboxylic acids is 1. The Morgan fingerprint density at radius 3 is 3.06 bits per heavy atom. The number of rotatable bonds is 4. The molecule has 0 saturated heterocycles. The molecule has 17 heavy (non-hydrogen) atoms. The Morgan fingerprint density at radius 1 is 1.65 bits per heavy atom. The van der Waals surface area contributed by atoms with Crippen LogP contribution in [-0.4, -0.2) is 24.4 Å². The third-order valence-electron chi connectivity index (χ3n) is 2.82. The van der Waals surface area contributed by atoms with Gasteiger partial charge in [0.1, 0.15) is 0 Å². The average molecular weight is 237 g/mol. The summed E-state index contributed by atoms with van der Waals surface area (Å²) in [7, 11) is 1.57. The van der Waals surface area contributed by atoms with E-state index < -0.39 is 5.97 Å². The highest BCUT2D eigenvalue weighted by molar-refractivity contribution is 5.67. The number of methoxy groups -OCH3 is 1. The highest BCUT2D eigenvalue weighted by Crippen LogP contribution is 2.39. The predicted molar refractivity (Wildman–Crippen MR) is 61.3 cm³/mol. The molecule has 1 unspecified atom stereocenters. The molecule has 2 rings (SSSR count). The largest absolute Gasteiger partial charge is 0.493 e. The van der Waals surface area contributed by atoms with E-state index in [1.54, 1.807) is 13.2 Å². The Kier molecular flexibility index (Phi) is 3.19. The first-order valence-corrected chi connectivity index (χ1v) is 5.44. The Bertz CT molecular complexity index is 444. The van der Waals surface area contributed by atoms with E-state index in [1.165, 1.54) is 0 Å². The Balaban J connectivity index is 2.30. The summed E-state index contributed by atoms with van der Waals surface area (Å²) in [5, 5.41) is 8.70. The molecular weight excluding hydrogens is 222 g/mol. The second-order valence-corrected chi connectivity index (χ2v) is 3.99. The van der Waals surface area contributed by atoms with E-state index in [1.807, 2.05) is 6.07 Å². The van der Waals surface area contributed by atoms with Crippen LogP contribution in [0.1, 0.15) is 17.5 Å². The summed E-state index contributed by atoms with van der Waals surface area (Å²) < 4.78 is 10.7. The fourth-order valence-corrected chi connectivity index (χ4v) is 2.03. The van der Waals surface area contributed by atoms with E-state index in [2.05, 4.69) is 0 Å². The maximum absolute atomic E-state index is 10.6.